The highest BCUT2D eigenvalue weighted by molar-refractivity contribution is 7.16. The molecule has 0 aliphatic heterocycles. The van der Waals surface area contributed by atoms with Crippen LogP contribution in [0.2, 0.25) is 0 Å². The maximum atomic E-state index is 11.7. The van der Waals surface area contributed by atoms with Gasteiger partial charge in [0.15, 0.2) is 0 Å². The molecule has 0 radical (unpaired) electrons. The van der Waals surface area contributed by atoms with Crippen molar-refractivity contribution in [3.8, 4) is 0 Å². The second kappa shape index (κ2) is 4.97. The number of rotatable bonds is 3. The Balaban J connectivity index is 2.23. The van der Waals surface area contributed by atoms with Crippen LogP contribution in [-0.4, -0.2) is 18.5 Å². The number of anilines is 1. The van der Waals surface area contributed by atoms with Crippen molar-refractivity contribution in [1.82, 2.24) is 0 Å². The van der Waals surface area contributed by atoms with E-state index in [1.165, 1.54) is 11.3 Å². The monoisotopic (exact) mass is 268 g/mol. The molecule has 6 heteroatoms. The lowest BCUT2D eigenvalue weighted by Gasteiger charge is -2.20. The molecule has 0 bridgehead atoms. The van der Waals surface area contributed by atoms with E-state index in [1.54, 1.807) is 6.92 Å². The molecule has 1 amide bonds. The predicted octanol–water partition coefficient (Wildman–Crippen LogP) is 1.10. The number of thiophene rings is 1. The summed E-state index contributed by atoms with van der Waals surface area (Å²) in [6.45, 7) is 2.18. The molecular weight excluding hydrogens is 252 g/mol. The van der Waals surface area contributed by atoms with Gasteiger partial charge in [-0.1, -0.05) is 0 Å². The van der Waals surface area contributed by atoms with Gasteiger partial charge in [0.25, 0.3) is 5.91 Å². The average Bonchev–Trinajstić information content (AvgIpc) is 2.63. The third kappa shape index (κ3) is 2.20. The summed E-state index contributed by atoms with van der Waals surface area (Å²) in [6, 6.07) is 0. The summed E-state index contributed by atoms with van der Waals surface area (Å²) < 4.78 is 5.02. The zero-order valence-corrected chi connectivity index (χ0v) is 11.0. The Bertz CT molecular complexity index is 496. The minimum Gasteiger partial charge on any atom is -0.466 e. The first-order chi connectivity index (χ1) is 8.54. The standard InChI is InChI=1S/C12H16N2O3S/c1-2-17-12(16)6-3-4-7-8(5-6)18-11(14)9(7)10(13)15/h6H,2-5,14H2,1H3,(H2,13,15)/t6-/m1/s1. The van der Waals surface area contributed by atoms with Crippen LogP contribution in [0.25, 0.3) is 0 Å². The van der Waals surface area contributed by atoms with E-state index in [9.17, 15) is 9.59 Å². The molecule has 0 spiro atoms. The summed E-state index contributed by atoms with van der Waals surface area (Å²) in [5, 5.41) is 0.456. The van der Waals surface area contributed by atoms with Gasteiger partial charge in [-0.05, 0) is 31.7 Å². The summed E-state index contributed by atoms with van der Waals surface area (Å²) >= 11 is 1.35. The molecule has 5 nitrogen and oxygen atoms in total. The minimum atomic E-state index is -0.486. The molecule has 1 aliphatic carbocycles. The van der Waals surface area contributed by atoms with Crippen LogP contribution in [0, 0.1) is 5.92 Å². The Morgan fingerprint density at radius 1 is 1.50 bits per heavy atom. The lowest BCUT2D eigenvalue weighted by atomic mass is 9.87. The Labute approximate surface area is 109 Å². The smallest absolute Gasteiger partial charge is 0.309 e. The third-order valence-electron chi connectivity index (χ3n) is 3.16. The van der Waals surface area contributed by atoms with E-state index in [-0.39, 0.29) is 11.9 Å². The van der Waals surface area contributed by atoms with Gasteiger partial charge in [0.1, 0.15) is 0 Å². The molecule has 98 valence electrons. The van der Waals surface area contributed by atoms with Gasteiger partial charge in [-0.3, -0.25) is 9.59 Å². The van der Waals surface area contributed by atoms with E-state index >= 15 is 0 Å². The molecule has 0 unspecified atom stereocenters. The van der Waals surface area contributed by atoms with Gasteiger partial charge in [0.05, 0.1) is 23.1 Å². The summed E-state index contributed by atoms with van der Waals surface area (Å²) in [6.07, 6.45) is 1.93. The highest BCUT2D eigenvalue weighted by atomic mass is 32.1. The van der Waals surface area contributed by atoms with E-state index in [2.05, 4.69) is 0 Å². The second-order valence-electron chi connectivity index (χ2n) is 4.30. The van der Waals surface area contributed by atoms with Crippen LogP contribution in [0.1, 0.15) is 34.1 Å². The fraction of sp³-hybridized carbons (Fsp3) is 0.500. The molecular formula is C12H16N2O3S. The van der Waals surface area contributed by atoms with Gasteiger partial charge in [-0.25, -0.2) is 0 Å². The predicted molar refractivity (Wildman–Crippen MR) is 69.4 cm³/mol. The van der Waals surface area contributed by atoms with Crippen molar-refractivity contribution < 1.29 is 14.3 Å². The molecule has 1 aromatic rings. The first kappa shape index (κ1) is 12.9. The fourth-order valence-corrected chi connectivity index (χ4v) is 3.54. The van der Waals surface area contributed by atoms with Gasteiger partial charge in [0, 0.05) is 4.88 Å². The molecule has 1 atom stereocenters. The molecule has 0 saturated carbocycles. The minimum absolute atomic E-state index is 0.128. The Morgan fingerprint density at radius 3 is 2.83 bits per heavy atom. The number of carbonyl (C=O) groups excluding carboxylic acids is 2. The Kier molecular flexibility index (Phi) is 3.56. The molecule has 4 N–H and O–H groups in total. The number of hydrogen-bond acceptors (Lipinski definition) is 5. The van der Waals surface area contributed by atoms with Gasteiger partial charge < -0.3 is 16.2 Å². The zero-order chi connectivity index (χ0) is 13.3. The first-order valence-electron chi connectivity index (χ1n) is 5.91. The number of hydrogen-bond donors (Lipinski definition) is 2. The maximum Gasteiger partial charge on any atom is 0.309 e. The van der Waals surface area contributed by atoms with Gasteiger partial charge >= 0.3 is 5.97 Å². The highest BCUT2D eigenvalue weighted by Crippen LogP contribution is 2.38. The van der Waals surface area contributed by atoms with E-state index in [4.69, 9.17) is 16.2 Å². The van der Waals surface area contributed by atoms with E-state index < -0.39 is 5.91 Å². The van der Waals surface area contributed by atoms with Crippen molar-refractivity contribution in [1.29, 1.82) is 0 Å². The molecule has 1 aromatic heterocycles. The lowest BCUT2D eigenvalue weighted by Crippen LogP contribution is -2.25. The number of amides is 1. The van der Waals surface area contributed by atoms with Crippen LogP contribution in [0.5, 0.6) is 0 Å². The molecule has 2 rings (SSSR count). The number of nitrogens with two attached hydrogens (primary N) is 2. The number of ether oxygens (including phenoxy) is 1. The number of primary amides is 1. The normalized spacial score (nSPS) is 18.2. The SMILES string of the molecule is CCOC(=O)[C@@H]1CCc2c(sc(N)c2C(N)=O)C1. The number of carbonyl (C=O) groups is 2. The first-order valence-corrected chi connectivity index (χ1v) is 6.72. The maximum absolute atomic E-state index is 11.7. The zero-order valence-electron chi connectivity index (χ0n) is 10.2. The van der Waals surface area contributed by atoms with E-state index in [0.29, 0.717) is 36.4 Å². The number of fused-ring (bicyclic) bond motifs is 1. The number of nitrogen functional groups attached to an aromatic ring is 1. The topological polar surface area (TPSA) is 95.4 Å². The molecule has 18 heavy (non-hydrogen) atoms. The average molecular weight is 268 g/mol. The quantitative estimate of drug-likeness (QED) is 0.802. The van der Waals surface area contributed by atoms with Crippen LogP contribution >= 0.6 is 11.3 Å². The molecule has 0 saturated heterocycles. The molecule has 1 heterocycles. The van der Waals surface area contributed by atoms with Crippen LogP contribution in [0.15, 0.2) is 0 Å². The van der Waals surface area contributed by atoms with Crippen molar-refractivity contribution >= 4 is 28.2 Å². The summed E-state index contributed by atoms with van der Waals surface area (Å²) in [4.78, 5) is 24.0. The van der Waals surface area contributed by atoms with Crippen LogP contribution in [0.3, 0.4) is 0 Å². The van der Waals surface area contributed by atoms with Gasteiger partial charge in [0.2, 0.25) is 0 Å². The molecule has 1 aliphatic rings. The summed E-state index contributed by atoms with van der Waals surface area (Å²) in [7, 11) is 0. The fourth-order valence-electron chi connectivity index (χ4n) is 2.34. The van der Waals surface area contributed by atoms with Crippen molar-refractivity contribution in [2.24, 2.45) is 11.7 Å². The lowest BCUT2D eigenvalue weighted by molar-refractivity contribution is -0.148. The van der Waals surface area contributed by atoms with Gasteiger partial charge in [-0.2, -0.15) is 0 Å². The molecule has 0 aromatic carbocycles. The molecule has 0 fully saturated rings. The Morgan fingerprint density at radius 2 is 2.22 bits per heavy atom. The Hall–Kier alpha value is -1.56. The van der Waals surface area contributed by atoms with Crippen molar-refractivity contribution in [2.45, 2.75) is 26.2 Å². The van der Waals surface area contributed by atoms with Crippen LogP contribution < -0.4 is 11.5 Å². The van der Waals surface area contributed by atoms with Gasteiger partial charge in [-0.15, -0.1) is 11.3 Å². The number of esters is 1. The summed E-state index contributed by atoms with van der Waals surface area (Å²) in [5.74, 6) is -0.786. The highest BCUT2D eigenvalue weighted by Gasteiger charge is 2.31. The second-order valence-corrected chi connectivity index (χ2v) is 5.44. The summed E-state index contributed by atoms with van der Waals surface area (Å²) in [5.41, 5.74) is 12.5. The van der Waals surface area contributed by atoms with Crippen LogP contribution in [0.4, 0.5) is 5.00 Å². The van der Waals surface area contributed by atoms with Crippen molar-refractivity contribution in [2.75, 3.05) is 12.3 Å². The third-order valence-corrected chi connectivity index (χ3v) is 4.24. The largest absolute Gasteiger partial charge is 0.466 e. The van der Waals surface area contributed by atoms with E-state index in [1.807, 2.05) is 0 Å². The van der Waals surface area contributed by atoms with E-state index in [0.717, 1.165) is 10.4 Å². The van der Waals surface area contributed by atoms with Crippen molar-refractivity contribution in [3.05, 3.63) is 16.0 Å². The van der Waals surface area contributed by atoms with Crippen LogP contribution in [-0.2, 0) is 22.4 Å². The van der Waals surface area contributed by atoms with Crippen molar-refractivity contribution in [3.63, 3.8) is 0 Å².